The van der Waals surface area contributed by atoms with Crippen LogP contribution in [0.3, 0.4) is 0 Å². The lowest BCUT2D eigenvalue weighted by Crippen LogP contribution is -2.21. The predicted molar refractivity (Wildman–Crippen MR) is 80.8 cm³/mol. The molecule has 1 heterocycles. The zero-order chi connectivity index (χ0) is 12.8. The average Bonchev–Trinajstić information content (AvgIpc) is 2.71. The number of hydrogen-bond donors (Lipinski definition) is 0. The summed E-state index contributed by atoms with van der Waals surface area (Å²) in [5.41, 5.74) is 3.08. The van der Waals surface area contributed by atoms with Crippen LogP contribution in [0.4, 0.5) is 0 Å². The zero-order valence-electron chi connectivity index (χ0n) is 12.0. The smallest absolute Gasteiger partial charge is 0.0326 e. The first-order valence-corrected chi connectivity index (χ1v) is 7.64. The van der Waals surface area contributed by atoms with E-state index in [0.29, 0.717) is 6.04 Å². The Labute approximate surface area is 114 Å². The average molecular weight is 247 g/mol. The number of hydrogen-bond acceptors (Lipinski definition) is 1. The number of nitrogens with zero attached hydrogens (tertiary/aromatic N) is 1. The van der Waals surface area contributed by atoms with Crippen molar-refractivity contribution in [3.63, 3.8) is 0 Å². The molecule has 18 heavy (non-hydrogen) atoms. The van der Waals surface area contributed by atoms with Crippen molar-refractivity contribution in [3.05, 3.63) is 35.4 Å². The van der Waals surface area contributed by atoms with Crippen LogP contribution in [0.1, 0.15) is 71.0 Å². The van der Waals surface area contributed by atoms with Crippen LogP contribution < -0.4 is 0 Å². The standard InChI is InChI=1S/C17H27N.H2/c1-3-4-5-6-7-10-13-18-14-16-11-8-9-12-17(16)15(18)2;/h8-9,11-12,15H,3-7,10,13-14H2,1-2H3;1H. The molecule has 0 aliphatic carbocycles. The molecule has 0 fully saturated rings. The first kappa shape index (κ1) is 13.6. The number of benzene rings is 1. The monoisotopic (exact) mass is 247 g/mol. The lowest BCUT2D eigenvalue weighted by molar-refractivity contribution is 0.224. The van der Waals surface area contributed by atoms with E-state index in [1.165, 1.54) is 50.6 Å². The Hall–Kier alpha value is -0.820. The second-order valence-electron chi connectivity index (χ2n) is 5.61. The van der Waals surface area contributed by atoms with E-state index in [9.17, 15) is 0 Å². The molecule has 0 spiro atoms. The van der Waals surface area contributed by atoms with Crippen LogP contribution in [-0.4, -0.2) is 11.4 Å². The van der Waals surface area contributed by atoms with Gasteiger partial charge in [-0.05, 0) is 31.0 Å². The maximum atomic E-state index is 2.63. The molecule has 0 bridgehead atoms. The largest absolute Gasteiger partial charge is 0.292 e. The van der Waals surface area contributed by atoms with Crippen LogP contribution in [0.15, 0.2) is 24.3 Å². The van der Waals surface area contributed by atoms with Crippen LogP contribution in [0, 0.1) is 0 Å². The van der Waals surface area contributed by atoms with Gasteiger partial charge in [0.15, 0.2) is 0 Å². The second-order valence-corrected chi connectivity index (χ2v) is 5.61. The molecule has 2 rings (SSSR count). The molecule has 102 valence electrons. The van der Waals surface area contributed by atoms with Gasteiger partial charge in [-0.3, -0.25) is 4.90 Å². The molecular formula is C17H29N. The Kier molecular flexibility index (Phi) is 5.25. The van der Waals surface area contributed by atoms with Crippen LogP contribution in [0.25, 0.3) is 0 Å². The third-order valence-corrected chi connectivity index (χ3v) is 4.23. The Morgan fingerprint density at radius 1 is 1.11 bits per heavy atom. The highest BCUT2D eigenvalue weighted by Crippen LogP contribution is 2.32. The Morgan fingerprint density at radius 2 is 1.83 bits per heavy atom. The quantitative estimate of drug-likeness (QED) is 0.601. The van der Waals surface area contributed by atoms with E-state index in [2.05, 4.69) is 43.0 Å². The van der Waals surface area contributed by atoms with Gasteiger partial charge in [0, 0.05) is 14.0 Å². The summed E-state index contributed by atoms with van der Waals surface area (Å²) in [4.78, 5) is 2.63. The lowest BCUT2D eigenvalue weighted by atomic mass is 10.1. The van der Waals surface area contributed by atoms with E-state index in [4.69, 9.17) is 0 Å². The topological polar surface area (TPSA) is 3.24 Å². The SMILES string of the molecule is CCCCCCCCN1Cc2ccccc2C1C.[HH]. The highest BCUT2D eigenvalue weighted by Gasteiger charge is 2.25. The zero-order valence-corrected chi connectivity index (χ0v) is 12.0. The molecular weight excluding hydrogens is 218 g/mol. The highest BCUT2D eigenvalue weighted by molar-refractivity contribution is 5.33. The first-order chi connectivity index (χ1) is 8.83. The van der Waals surface area contributed by atoms with Crippen molar-refractivity contribution in [2.45, 2.75) is 65.0 Å². The van der Waals surface area contributed by atoms with E-state index >= 15 is 0 Å². The minimum Gasteiger partial charge on any atom is -0.292 e. The van der Waals surface area contributed by atoms with Crippen molar-refractivity contribution in [1.29, 1.82) is 0 Å². The fourth-order valence-electron chi connectivity index (χ4n) is 3.01. The molecule has 0 radical (unpaired) electrons. The van der Waals surface area contributed by atoms with Gasteiger partial charge in [0.25, 0.3) is 0 Å². The molecule has 0 saturated heterocycles. The van der Waals surface area contributed by atoms with Gasteiger partial charge in [0.2, 0.25) is 0 Å². The third kappa shape index (κ3) is 3.35. The summed E-state index contributed by atoms with van der Waals surface area (Å²) in [7, 11) is 0. The normalized spacial score (nSPS) is 19.1. The van der Waals surface area contributed by atoms with Crippen LogP contribution in [0.5, 0.6) is 0 Å². The number of rotatable bonds is 7. The van der Waals surface area contributed by atoms with Crippen molar-refractivity contribution in [2.24, 2.45) is 0 Å². The summed E-state index contributed by atoms with van der Waals surface area (Å²) in [6, 6.07) is 9.54. The van der Waals surface area contributed by atoms with Crippen molar-refractivity contribution >= 4 is 0 Å². The molecule has 1 nitrogen and oxygen atoms in total. The summed E-state index contributed by atoms with van der Waals surface area (Å²) < 4.78 is 0. The van der Waals surface area contributed by atoms with Crippen LogP contribution in [0.2, 0.25) is 0 Å². The van der Waals surface area contributed by atoms with Crippen molar-refractivity contribution < 1.29 is 1.43 Å². The number of fused-ring (bicyclic) bond motifs is 1. The molecule has 0 aromatic heterocycles. The van der Waals surface area contributed by atoms with E-state index in [1.54, 1.807) is 5.56 Å². The Balaban J connectivity index is 0.00000180. The van der Waals surface area contributed by atoms with E-state index in [0.717, 1.165) is 6.54 Å². The van der Waals surface area contributed by atoms with Crippen molar-refractivity contribution in [2.75, 3.05) is 6.54 Å². The van der Waals surface area contributed by atoms with Gasteiger partial charge in [0.1, 0.15) is 0 Å². The molecule has 0 amide bonds. The fourth-order valence-corrected chi connectivity index (χ4v) is 3.01. The van der Waals surface area contributed by atoms with Crippen LogP contribution >= 0.6 is 0 Å². The van der Waals surface area contributed by atoms with E-state index in [1.807, 2.05) is 0 Å². The van der Waals surface area contributed by atoms with Gasteiger partial charge in [-0.1, -0.05) is 63.3 Å². The summed E-state index contributed by atoms with van der Waals surface area (Å²) in [5.74, 6) is 0. The maximum absolute atomic E-state index is 2.63. The minimum atomic E-state index is 0. The van der Waals surface area contributed by atoms with E-state index in [-0.39, 0.29) is 1.43 Å². The van der Waals surface area contributed by atoms with Gasteiger partial charge in [-0.2, -0.15) is 0 Å². The lowest BCUT2D eigenvalue weighted by Gasteiger charge is -2.21. The molecule has 0 N–H and O–H groups in total. The summed E-state index contributed by atoms with van der Waals surface area (Å²) in [6.07, 6.45) is 8.36. The number of unbranched alkanes of at least 4 members (excludes halogenated alkanes) is 5. The van der Waals surface area contributed by atoms with Crippen molar-refractivity contribution in [1.82, 2.24) is 4.90 Å². The highest BCUT2D eigenvalue weighted by atomic mass is 15.2. The van der Waals surface area contributed by atoms with Gasteiger partial charge in [0.05, 0.1) is 0 Å². The Bertz CT molecular complexity index is 364. The molecule has 1 heteroatoms. The summed E-state index contributed by atoms with van der Waals surface area (Å²) in [6.45, 7) is 7.06. The van der Waals surface area contributed by atoms with Gasteiger partial charge in [-0.25, -0.2) is 0 Å². The summed E-state index contributed by atoms with van der Waals surface area (Å²) in [5, 5.41) is 0. The molecule has 1 aromatic rings. The first-order valence-electron chi connectivity index (χ1n) is 7.64. The van der Waals surface area contributed by atoms with Crippen molar-refractivity contribution in [3.8, 4) is 0 Å². The maximum Gasteiger partial charge on any atom is 0.0326 e. The predicted octanol–water partition coefficient (Wildman–Crippen LogP) is 5.17. The van der Waals surface area contributed by atoms with Gasteiger partial charge >= 0.3 is 0 Å². The molecule has 1 aromatic carbocycles. The molecule has 1 aliphatic heterocycles. The minimum absolute atomic E-state index is 0. The summed E-state index contributed by atoms with van der Waals surface area (Å²) >= 11 is 0. The molecule has 0 saturated carbocycles. The van der Waals surface area contributed by atoms with Gasteiger partial charge < -0.3 is 0 Å². The Morgan fingerprint density at radius 3 is 2.61 bits per heavy atom. The molecule has 1 aliphatic rings. The van der Waals surface area contributed by atoms with E-state index < -0.39 is 0 Å². The van der Waals surface area contributed by atoms with Gasteiger partial charge in [-0.15, -0.1) is 0 Å². The fraction of sp³-hybridized carbons (Fsp3) is 0.647. The van der Waals surface area contributed by atoms with Crippen LogP contribution in [-0.2, 0) is 6.54 Å². The molecule has 1 atom stereocenters. The molecule has 1 unspecified atom stereocenters. The third-order valence-electron chi connectivity index (χ3n) is 4.23. The second kappa shape index (κ2) is 6.94.